The first kappa shape index (κ1) is 47.0. The minimum atomic E-state index is -4.58. The SMILES string of the molecule is CCCCCCCC/C=C/CC/C=C/[C@@H](O)[C@H](COP(=O)([O-])OCC[N+](C)(C)C)NC(=O)CCCCCCCCCCCCCCCC. The number of nitrogens with one attached hydrogen (secondary N) is 1. The van der Waals surface area contributed by atoms with E-state index in [1.807, 2.05) is 27.2 Å². The standard InChI is InChI=1S/C39H77N2O6P/c1-6-8-10-12-14-16-18-20-21-23-25-27-29-31-33-39(43)40-37(36-47-48(44,45)46-35-34-41(3,4)5)38(42)32-30-28-26-24-22-19-17-15-13-11-9-7-2/h22,24,30,32,37-38,42H,6-21,23,25-29,31,33-36H2,1-5H3,(H-,40,43,44,45)/b24-22+,32-30+/t37-,38+/m0/s1. The van der Waals surface area contributed by atoms with Gasteiger partial charge < -0.3 is 28.8 Å². The molecule has 1 amide bonds. The van der Waals surface area contributed by atoms with Crippen molar-refractivity contribution in [2.24, 2.45) is 0 Å². The summed E-state index contributed by atoms with van der Waals surface area (Å²) in [5.74, 6) is -0.209. The highest BCUT2D eigenvalue weighted by Crippen LogP contribution is 2.38. The Kier molecular flexibility index (Phi) is 31.2. The third-order valence-electron chi connectivity index (χ3n) is 8.66. The quantitative estimate of drug-likeness (QED) is 0.0295. The van der Waals surface area contributed by atoms with Crippen molar-refractivity contribution < 1.29 is 32.9 Å². The normalized spacial score (nSPS) is 14.9. The summed E-state index contributed by atoms with van der Waals surface area (Å²) < 4.78 is 23.1. The number of likely N-dealkylation sites (N-methyl/N-ethyl adjacent to an activating group) is 1. The maximum absolute atomic E-state index is 12.8. The van der Waals surface area contributed by atoms with Crippen molar-refractivity contribution in [3.8, 4) is 0 Å². The Labute approximate surface area is 296 Å². The largest absolute Gasteiger partial charge is 0.756 e. The van der Waals surface area contributed by atoms with Crippen LogP contribution in [-0.4, -0.2) is 68.5 Å². The minimum Gasteiger partial charge on any atom is -0.756 e. The zero-order chi connectivity index (χ0) is 35.8. The first-order valence-corrected chi connectivity index (χ1v) is 21.2. The van der Waals surface area contributed by atoms with Gasteiger partial charge in [0, 0.05) is 6.42 Å². The van der Waals surface area contributed by atoms with Gasteiger partial charge in [-0.15, -0.1) is 0 Å². The third-order valence-corrected chi connectivity index (χ3v) is 9.63. The fraction of sp³-hybridized carbons (Fsp3) is 0.872. The maximum Gasteiger partial charge on any atom is 0.268 e. The van der Waals surface area contributed by atoms with Crippen molar-refractivity contribution in [2.75, 3.05) is 40.9 Å². The molecule has 0 aliphatic heterocycles. The summed E-state index contributed by atoms with van der Waals surface area (Å²) in [6, 6.07) is -0.895. The number of hydrogen-bond donors (Lipinski definition) is 2. The second kappa shape index (κ2) is 31.9. The van der Waals surface area contributed by atoms with Gasteiger partial charge >= 0.3 is 0 Å². The van der Waals surface area contributed by atoms with Gasteiger partial charge in [0.25, 0.3) is 7.82 Å². The van der Waals surface area contributed by atoms with Crippen molar-refractivity contribution in [1.29, 1.82) is 0 Å². The second-order valence-corrected chi connectivity index (χ2v) is 16.0. The fourth-order valence-electron chi connectivity index (χ4n) is 5.46. The smallest absolute Gasteiger partial charge is 0.268 e. The van der Waals surface area contributed by atoms with Gasteiger partial charge in [-0.05, 0) is 32.1 Å². The summed E-state index contributed by atoms with van der Waals surface area (Å²) in [5.41, 5.74) is 0. The Morgan fingerprint density at radius 2 is 1.17 bits per heavy atom. The summed E-state index contributed by atoms with van der Waals surface area (Å²) in [4.78, 5) is 25.1. The van der Waals surface area contributed by atoms with Crippen LogP contribution in [0.25, 0.3) is 0 Å². The molecule has 0 rings (SSSR count). The van der Waals surface area contributed by atoms with Gasteiger partial charge in [0.15, 0.2) is 0 Å². The molecule has 0 saturated carbocycles. The minimum absolute atomic E-state index is 0.00470. The number of allylic oxidation sites excluding steroid dienone is 3. The molecule has 284 valence electrons. The number of hydrogen-bond acceptors (Lipinski definition) is 6. The Bertz CT molecular complexity index is 845. The van der Waals surface area contributed by atoms with Crippen LogP contribution in [0.3, 0.4) is 0 Å². The molecule has 0 radical (unpaired) electrons. The topological polar surface area (TPSA) is 108 Å². The summed E-state index contributed by atoms with van der Waals surface area (Å²) in [5, 5.41) is 13.7. The Morgan fingerprint density at radius 1 is 0.708 bits per heavy atom. The Hall–Kier alpha value is -1.02. The highest BCUT2D eigenvalue weighted by atomic mass is 31.2. The molecule has 2 N–H and O–H groups in total. The molecule has 0 fully saturated rings. The molecule has 0 aromatic rings. The average Bonchev–Trinajstić information content (AvgIpc) is 3.02. The summed E-state index contributed by atoms with van der Waals surface area (Å²) in [6.45, 7) is 4.59. The number of nitrogens with zero attached hydrogens (tertiary/aromatic N) is 1. The first-order valence-electron chi connectivity index (χ1n) is 19.7. The van der Waals surface area contributed by atoms with E-state index in [-0.39, 0.29) is 19.1 Å². The highest BCUT2D eigenvalue weighted by molar-refractivity contribution is 7.45. The number of unbranched alkanes of at least 4 members (excludes halogenated alkanes) is 20. The maximum atomic E-state index is 12.8. The number of phosphoric ester groups is 1. The predicted molar refractivity (Wildman–Crippen MR) is 201 cm³/mol. The van der Waals surface area contributed by atoms with Crippen LogP contribution >= 0.6 is 7.82 Å². The van der Waals surface area contributed by atoms with Crippen LogP contribution in [0, 0.1) is 0 Å². The molecule has 0 saturated heterocycles. The lowest BCUT2D eigenvalue weighted by Gasteiger charge is -2.29. The van der Waals surface area contributed by atoms with Gasteiger partial charge in [-0.25, -0.2) is 0 Å². The lowest BCUT2D eigenvalue weighted by atomic mass is 10.0. The number of carbonyl (C=O) groups excluding carboxylic acids is 1. The van der Waals surface area contributed by atoms with Crippen LogP contribution in [0.1, 0.15) is 168 Å². The average molecular weight is 701 g/mol. The van der Waals surface area contributed by atoms with Gasteiger partial charge in [-0.2, -0.15) is 0 Å². The molecular formula is C39H77N2O6P. The van der Waals surface area contributed by atoms with Gasteiger partial charge in [0.2, 0.25) is 5.91 Å². The van der Waals surface area contributed by atoms with Crippen LogP contribution in [-0.2, 0) is 18.4 Å². The van der Waals surface area contributed by atoms with E-state index in [1.165, 1.54) is 109 Å². The molecule has 0 heterocycles. The van der Waals surface area contributed by atoms with Crippen molar-refractivity contribution in [3.63, 3.8) is 0 Å². The van der Waals surface area contributed by atoms with E-state index in [4.69, 9.17) is 9.05 Å². The van der Waals surface area contributed by atoms with Gasteiger partial charge in [0.1, 0.15) is 13.2 Å². The number of aliphatic hydroxyl groups is 1. The number of aliphatic hydroxyl groups excluding tert-OH is 1. The van der Waals surface area contributed by atoms with Crippen molar-refractivity contribution in [1.82, 2.24) is 5.32 Å². The fourth-order valence-corrected chi connectivity index (χ4v) is 6.18. The van der Waals surface area contributed by atoms with Crippen molar-refractivity contribution in [3.05, 3.63) is 24.3 Å². The first-order chi connectivity index (χ1) is 23.0. The van der Waals surface area contributed by atoms with E-state index in [0.29, 0.717) is 17.4 Å². The van der Waals surface area contributed by atoms with Crippen LogP contribution in [0.5, 0.6) is 0 Å². The van der Waals surface area contributed by atoms with Gasteiger partial charge in [-0.1, -0.05) is 154 Å². The number of amides is 1. The summed E-state index contributed by atoms with van der Waals surface area (Å²) >= 11 is 0. The molecular weight excluding hydrogens is 623 g/mol. The van der Waals surface area contributed by atoms with Crippen LogP contribution in [0.2, 0.25) is 0 Å². The van der Waals surface area contributed by atoms with Crippen LogP contribution < -0.4 is 10.2 Å². The van der Waals surface area contributed by atoms with Crippen molar-refractivity contribution >= 4 is 13.7 Å². The molecule has 0 aromatic carbocycles. The lowest BCUT2D eigenvalue weighted by molar-refractivity contribution is -0.870. The second-order valence-electron chi connectivity index (χ2n) is 14.6. The Morgan fingerprint density at radius 3 is 1.69 bits per heavy atom. The highest BCUT2D eigenvalue weighted by Gasteiger charge is 2.23. The zero-order valence-electron chi connectivity index (χ0n) is 31.9. The van der Waals surface area contributed by atoms with Gasteiger partial charge in [0.05, 0.1) is 39.9 Å². The lowest BCUT2D eigenvalue weighted by Crippen LogP contribution is -2.45. The number of quaternary nitrogens is 1. The van der Waals surface area contributed by atoms with E-state index in [2.05, 4.69) is 31.3 Å². The van der Waals surface area contributed by atoms with Gasteiger partial charge in [-0.3, -0.25) is 9.36 Å². The van der Waals surface area contributed by atoms with E-state index in [9.17, 15) is 19.4 Å². The molecule has 0 aromatic heterocycles. The molecule has 3 atom stereocenters. The monoisotopic (exact) mass is 701 g/mol. The zero-order valence-corrected chi connectivity index (χ0v) is 32.8. The molecule has 0 aliphatic rings. The number of rotatable bonds is 35. The van der Waals surface area contributed by atoms with E-state index in [0.717, 1.165) is 38.5 Å². The number of carbonyl (C=O) groups is 1. The molecule has 0 bridgehead atoms. The van der Waals surface area contributed by atoms with Crippen LogP contribution in [0.4, 0.5) is 0 Å². The third kappa shape index (κ3) is 33.5. The number of phosphoric acid groups is 1. The summed E-state index contributed by atoms with van der Waals surface area (Å²) in [6.07, 6.45) is 35.0. The predicted octanol–water partition coefficient (Wildman–Crippen LogP) is 9.55. The van der Waals surface area contributed by atoms with E-state index < -0.39 is 20.0 Å². The molecule has 0 aliphatic carbocycles. The van der Waals surface area contributed by atoms with E-state index in [1.54, 1.807) is 6.08 Å². The van der Waals surface area contributed by atoms with Crippen molar-refractivity contribution in [2.45, 2.75) is 180 Å². The van der Waals surface area contributed by atoms with E-state index >= 15 is 0 Å². The molecule has 9 heteroatoms. The Balaban J connectivity index is 4.54. The molecule has 8 nitrogen and oxygen atoms in total. The summed E-state index contributed by atoms with van der Waals surface area (Å²) in [7, 11) is 1.24. The molecule has 0 spiro atoms. The molecule has 48 heavy (non-hydrogen) atoms. The molecule has 1 unspecified atom stereocenters. The van der Waals surface area contributed by atoms with Crippen LogP contribution in [0.15, 0.2) is 24.3 Å².